The minimum absolute atomic E-state index is 0.0642. The molecule has 0 aliphatic heterocycles. The molecule has 0 fully saturated rings. The fourth-order valence-electron chi connectivity index (χ4n) is 3.17. The highest BCUT2D eigenvalue weighted by molar-refractivity contribution is 7.99. The zero-order chi connectivity index (χ0) is 21.4. The molecule has 0 saturated carbocycles. The molecular formula is C22H16F2N2O2S2. The number of aryl methyl sites for hydroxylation is 2. The highest BCUT2D eigenvalue weighted by Gasteiger charge is 2.17. The predicted molar refractivity (Wildman–Crippen MR) is 117 cm³/mol. The molecule has 1 N–H and O–H groups in total. The summed E-state index contributed by atoms with van der Waals surface area (Å²) in [5.41, 5.74) is 1.99. The van der Waals surface area contributed by atoms with Gasteiger partial charge in [-0.2, -0.15) is 0 Å². The highest BCUT2D eigenvalue weighted by atomic mass is 32.2. The molecular weight excluding hydrogens is 426 g/mol. The molecule has 0 unspecified atom stereocenters. The quantitative estimate of drug-likeness (QED) is 0.251. The van der Waals surface area contributed by atoms with Gasteiger partial charge in [-0.15, -0.1) is 11.3 Å². The Balaban J connectivity index is 1.62. The molecule has 2 aromatic carbocycles. The van der Waals surface area contributed by atoms with Crippen molar-refractivity contribution in [3.8, 4) is 11.1 Å². The topological polar surface area (TPSA) is 62.8 Å². The van der Waals surface area contributed by atoms with Gasteiger partial charge in [0.25, 0.3) is 5.56 Å². The molecule has 8 heteroatoms. The van der Waals surface area contributed by atoms with Crippen LogP contribution in [0.2, 0.25) is 0 Å². The van der Waals surface area contributed by atoms with Crippen LogP contribution in [0.25, 0.3) is 21.3 Å². The van der Waals surface area contributed by atoms with Crippen LogP contribution < -0.4 is 5.56 Å². The zero-order valence-electron chi connectivity index (χ0n) is 16.1. The largest absolute Gasteiger partial charge is 0.301 e. The number of H-pyrrole nitrogens is 1. The van der Waals surface area contributed by atoms with Crippen molar-refractivity contribution in [2.45, 2.75) is 19.0 Å². The summed E-state index contributed by atoms with van der Waals surface area (Å²) < 4.78 is 26.7. The number of thioether (sulfide) groups is 1. The third-order valence-corrected chi connectivity index (χ3v) is 6.54. The zero-order valence-corrected chi connectivity index (χ0v) is 17.7. The molecule has 4 aromatic rings. The molecule has 0 bridgehead atoms. The molecule has 0 radical (unpaired) electrons. The number of carbonyl (C=O) groups excluding carboxylic acids is 1. The van der Waals surface area contributed by atoms with Gasteiger partial charge in [0.15, 0.2) is 10.9 Å². The third kappa shape index (κ3) is 3.93. The van der Waals surface area contributed by atoms with Gasteiger partial charge in [-0.25, -0.2) is 13.8 Å². The molecule has 0 saturated heterocycles. The van der Waals surface area contributed by atoms with Crippen molar-refractivity contribution in [1.82, 2.24) is 9.97 Å². The number of rotatable bonds is 5. The first-order valence-electron chi connectivity index (χ1n) is 9.05. The van der Waals surface area contributed by atoms with Gasteiger partial charge < -0.3 is 4.98 Å². The first-order chi connectivity index (χ1) is 14.3. The van der Waals surface area contributed by atoms with Crippen LogP contribution in [-0.4, -0.2) is 21.5 Å². The van der Waals surface area contributed by atoms with Crippen molar-refractivity contribution in [2.24, 2.45) is 0 Å². The monoisotopic (exact) mass is 442 g/mol. The first kappa shape index (κ1) is 20.4. The molecule has 0 spiro atoms. The van der Waals surface area contributed by atoms with Crippen LogP contribution in [-0.2, 0) is 0 Å². The van der Waals surface area contributed by atoms with Crippen molar-refractivity contribution in [2.75, 3.05) is 5.75 Å². The maximum Gasteiger partial charge on any atom is 0.260 e. The Hall–Kier alpha value is -2.84. The highest BCUT2D eigenvalue weighted by Crippen LogP contribution is 2.36. The van der Waals surface area contributed by atoms with Crippen LogP contribution in [0, 0.1) is 25.5 Å². The Labute approximate surface area is 179 Å². The summed E-state index contributed by atoms with van der Waals surface area (Å²) >= 11 is 2.50. The molecule has 152 valence electrons. The van der Waals surface area contributed by atoms with Gasteiger partial charge >= 0.3 is 0 Å². The summed E-state index contributed by atoms with van der Waals surface area (Å²) in [6.45, 7) is 3.49. The Bertz CT molecular complexity index is 1330. The number of fused-ring (bicyclic) bond motifs is 1. The van der Waals surface area contributed by atoms with Crippen LogP contribution in [0.15, 0.2) is 52.4 Å². The van der Waals surface area contributed by atoms with Crippen molar-refractivity contribution in [3.05, 3.63) is 80.5 Å². The fraction of sp³-hybridized carbons (Fsp3) is 0.136. The van der Waals surface area contributed by atoms with E-state index in [2.05, 4.69) is 9.97 Å². The van der Waals surface area contributed by atoms with E-state index in [1.54, 1.807) is 19.1 Å². The van der Waals surface area contributed by atoms with E-state index in [0.717, 1.165) is 27.8 Å². The predicted octanol–water partition coefficient (Wildman–Crippen LogP) is 5.52. The Morgan fingerprint density at radius 1 is 1.13 bits per heavy atom. The summed E-state index contributed by atoms with van der Waals surface area (Å²) in [6, 6.07) is 10.2. The Morgan fingerprint density at radius 2 is 1.87 bits per heavy atom. The smallest absolute Gasteiger partial charge is 0.260 e. The van der Waals surface area contributed by atoms with Crippen molar-refractivity contribution in [3.63, 3.8) is 0 Å². The molecule has 0 aliphatic rings. The molecule has 0 aliphatic carbocycles. The van der Waals surface area contributed by atoms with E-state index in [-0.39, 0.29) is 28.7 Å². The molecule has 2 heterocycles. The summed E-state index contributed by atoms with van der Waals surface area (Å²) in [4.78, 5) is 33.9. The van der Waals surface area contributed by atoms with Gasteiger partial charge in [-0.1, -0.05) is 23.9 Å². The number of Topliss-reactive ketones (excluding diaryl/α,β-unsaturated/α-hetero) is 1. The second kappa shape index (κ2) is 8.12. The van der Waals surface area contributed by atoms with E-state index in [0.29, 0.717) is 26.5 Å². The van der Waals surface area contributed by atoms with Gasteiger partial charge in [0.05, 0.1) is 11.1 Å². The maximum absolute atomic E-state index is 13.4. The Morgan fingerprint density at radius 3 is 2.57 bits per heavy atom. The van der Waals surface area contributed by atoms with E-state index in [1.165, 1.54) is 41.7 Å². The number of hydrogen-bond donors (Lipinski definition) is 1. The van der Waals surface area contributed by atoms with Crippen LogP contribution in [0.4, 0.5) is 8.78 Å². The first-order valence-corrected chi connectivity index (χ1v) is 10.8. The molecule has 4 rings (SSSR count). The van der Waals surface area contributed by atoms with E-state index in [1.807, 2.05) is 6.92 Å². The molecule has 4 nitrogen and oxygen atoms in total. The lowest BCUT2D eigenvalue weighted by atomic mass is 10.0. The normalized spacial score (nSPS) is 11.2. The minimum atomic E-state index is -0.360. The molecule has 0 amide bonds. The lowest BCUT2D eigenvalue weighted by Crippen LogP contribution is -2.10. The number of thiophene rings is 1. The molecule has 2 aromatic heterocycles. The second-order valence-corrected chi connectivity index (χ2v) is 8.93. The average molecular weight is 443 g/mol. The standard InChI is InChI=1S/C22H16F2N2O2S2/c1-11-9-14(5-8-16(11)24)17(27)10-29-22-25-20(28)19-18(12(2)30-21(19)26-22)13-3-6-15(23)7-4-13/h3-9H,10H2,1-2H3,(H,25,26,28). The number of carbonyl (C=O) groups is 1. The minimum Gasteiger partial charge on any atom is -0.301 e. The van der Waals surface area contributed by atoms with Gasteiger partial charge in [0.2, 0.25) is 0 Å². The fourth-order valence-corrected chi connectivity index (χ4v) is 5.03. The maximum atomic E-state index is 13.4. The van der Waals surface area contributed by atoms with Gasteiger partial charge in [-0.3, -0.25) is 9.59 Å². The molecule has 30 heavy (non-hydrogen) atoms. The number of aromatic nitrogens is 2. The van der Waals surface area contributed by atoms with Crippen molar-refractivity contribution in [1.29, 1.82) is 0 Å². The van der Waals surface area contributed by atoms with Crippen molar-refractivity contribution < 1.29 is 13.6 Å². The Kier molecular flexibility index (Phi) is 5.53. The van der Waals surface area contributed by atoms with Gasteiger partial charge in [0, 0.05) is 16.0 Å². The van der Waals surface area contributed by atoms with Crippen LogP contribution in [0.1, 0.15) is 20.8 Å². The number of benzene rings is 2. The summed E-state index contributed by atoms with van der Waals surface area (Å²) in [6.07, 6.45) is 0. The lowest BCUT2D eigenvalue weighted by Gasteiger charge is -2.04. The van der Waals surface area contributed by atoms with Crippen LogP contribution in [0.3, 0.4) is 0 Å². The molecule has 0 atom stereocenters. The summed E-state index contributed by atoms with van der Waals surface area (Å²) in [5.74, 6) is -0.821. The van der Waals surface area contributed by atoms with Gasteiger partial charge in [0.1, 0.15) is 16.5 Å². The number of nitrogens with one attached hydrogen (secondary N) is 1. The SMILES string of the molecule is Cc1cc(C(=O)CSc2nc3sc(C)c(-c4ccc(F)cc4)c3c(=O)[nH]2)ccc1F. The second-order valence-electron chi connectivity index (χ2n) is 6.77. The van der Waals surface area contributed by atoms with E-state index in [4.69, 9.17) is 0 Å². The number of hydrogen-bond acceptors (Lipinski definition) is 5. The van der Waals surface area contributed by atoms with E-state index in [9.17, 15) is 18.4 Å². The van der Waals surface area contributed by atoms with Crippen LogP contribution >= 0.6 is 23.1 Å². The number of halogens is 2. The summed E-state index contributed by atoms with van der Waals surface area (Å²) in [7, 11) is 0. The number of ketones is 1. The average Bonchev–Trinajstić information content (AvgIpc) is 3.05. The van der Waals surface area contributed by atoms with Crippen LogP contribution in [0.5, 0.6) is 0 Å². The number of aromatic amines is 1. The number of nitrogens with zero attached hydrogens (tertiary/aromatic N) is 1. The lowest BCUT2D eigenvalue weighted by molar-refractivity contribution is 0.102. The van der Waals surface area contributed by atoms with E-state index >= 15 is 0 Å². The third-order valence-electron chi connectivity index (χ3n) is 4.67. The van der Waals surface area contributed by atoms with Gasteiger partial charge in [-0.05, 0) is 55.3 Å². The van der Waals surface area contributed by atoms with Crippen molar-refractivity contribution >= 4 is 39.1 Å². The summed E-state index contributed by atoms with van der Waals surface area (Å²) in [5, 5.41) is 0.792. The van der Waals surface area contributed by atoms with E-state index < -0.39 is 0 Å².